The lowest BCUT2D eigenvalue weighted by molar-refractivity contribution is -0.143. The second kappa shape index (κ2) is 7.44. The third-order valence-corrected chi connectivity index (χ3v) is 3.22. The Morgan fingerprint density at radius 3 is 2.35 bits per heavy atom. The van der Waals surface area contributed by atoms with E-state index in [2.05, 4.69) is 0 Å². The summed E-state index contributed by atoms with van der Waals surface area (Å²) in [6.45, 7) is 1.25. The van der Waals surface area contributed by atoms with Gasteiger partial charge in [-0.3, -0.25) is 19.2 Å². The monoisotopic (exact) mass is 295 g/mol. The number of ketones is 1. The van der Waals surface area contributed by atoms with Gasteiger partial charge in [0, 0.05) is 5.56 Å². The predicted molar refractivity (Wildman–Crippen MR) is 73.5 cm³/mol. The van der Waals surface area contributed by atoms with Crippen molar-refractivity contribution >= 4 is 34.5 Å². The Bertz CT molecular complexity index is 529. The molecule has 0 aliphatic carbocycles. The zero-order chi connectivity index (χ0) is 15.1. The summed E-state index contributed by atoms with van der Waals surface area (Å²) in [5.74, 6) is -3.41. The third-order valence-electron chi connectivity index (χ3n) is 2.32. The highest BCUT2D eigenvalue weighted by Crippen LogP contribution is 2.11. The van der Waals surface area contributed by atoms with Gasteiger partial charge in [-0.2, -0.15) is 0 Å². The summed E-state index contributed by atoms with van der Waals surface area (Å²) in [6.07, 6.45) is 0. The van der Waals surface area contributed by atoms with Gasteiger partial charge in [-0.15, -0.1) is 0 Å². The Morgan fingerprint density at radius 1 is 1.20 bits per heavy atom. The number of hydrogen-bond acceptors (Lipinski definition) is 5. The molecule has 106 valence electrons. The SMILES string of the molecule is CC(NC(=O)C(=O)CSC(=O)c1ccccc1)C(=O)O. The molecule has 0 radical (unpaired) electrons. The fraction of sp³-hybridized carbons (Fsp3) is 0.231. The largest absolute Gasteiger partial charge is 0.480 e. The van der Waals surface area contributed by atoms with Crippen molar-refractivity contribution in [2.24, 2.45) is 0 Å². The predicted octanol–water partition coefficient (Wildman–Crippen LogP) is 0.718. The average molecular weight is 295 g/mol. The molecule has 0 spiro atoms. The normalized spacial score (nSPS) is 11.4. The number of carbonyl (C=O) groups is 4. The van der Waals surface area contributed by atoms with Gasteiger partial charge in [0.15, 0.2) is 0 Å². The molecule has 1 rings (SSSR count). The Labute approximate surface area is 119 Å². The number of rotatable bonds is 6. The van der Waals surface area contributed by atoms with Crippen LogP contribution in [0.15, 0.2) is 30.3 Å². The van der Waals surface area contributed by atoms with Crippen LogP contribution in [0.3, 0.4) is 0 Å². The van der Waals surface area contributed by atoms with E-state index in [0.717, 1.165) is 0 Å². The third kappa shape index (κ3) is 4.85. The van der Waals surface area contributed by atoms with E-state index < -0.39 is 23.7 Å². The van der Waals surface area contributed by atoms with Gasteiger partial charge in [0.05, 0.1) is 5.75 Å². The molecule has 1 unspecified atom stereocenters. The van der Waals surface area contributed by atoms with Gasteiger partial charge in [-0.25, -0.2) is 0 Å². The van der Waals surface area contributed by atoms with Gasteiger partial charge >= 0.3 is 5.97 Å². The highest BCUT2D eigenvalue weighted by Gasteiger charge is 2.20. The number of carboxylic acids is 1. The molecule has 1 atom stereocenters. The van der Waals surface area contributed by atoms with Crippen LogP contribution in [-0.4, -0.2) is 39.7 Å². The number of carboxylic acid groups (broad SMARTS) is 1. The Hall–Kier alpha value is -2.15. The van der Waals surface area contributed by atoms with Crippen molar-refractivity contribution in [3.63, 3.8) is 0 Å². The van der Waals surface area contributed by atoms with Crippen LogP contribution in [0.2, 0.25) is 0 Å². The molecule has 6 nitrogen and oxygen atoms in total. The summed E-state index contributed by atoms with van der Waals surface area (Å²) in [6, 6.07) is 7.20. The lowest BCUT2D eigenvalue weighted by Gasteiger charge is -2.07. The summed E-state index contributed by atoms with van der Waals surface area (Å²) in [7, 11) is 0. The van der Waals surface area contributed by atoms with E-state index in [1.165, 1.54) is 6.92 Å². The molecule has 2 N–H and O–H groups in total. The molecule has 1 aromatic rings. The molecule has 1 aromatic carbocycles. The Morgan fingerprint density at radius 2 is 1.80 bits per heavy atom. The molecule has 20 heavy (non-hydrogen) atoms. The van der Waals surface area contributed by atoms with Crippen LogP contribution in [0.4, 0.5) is 0 Å². The standard InChI is InChI=1S/C13H13NO5S/c1-8(12(17)18)14-11(16)10(15)7-20-13(19)9-5-3-2-4-6-9/h2-6,8H,7H2,1H3,(H,14,16)(H,17,18). The highest BCUT2D eigenvalue weighted by atomic mass is 32.2. The molecule has 7 heteroatoms. The highest BCUT2D eigenvalue weighted by molar-refractivity contribution is 8.14. The van der Waals surface area contributed by atoms with Crippen LogP contribution in [-0.2, 0) is 14.4 Å². The molecule has 0 heterocycles. The summed E-state index contributed by atoms with van der Waals surface area (Å²) < 4.78 is 0. The summed E-state index contributed by atoms with van der Waals surface area (Å²) in [5, 5.41) is 10.3. The molecule has 0 aliphatic heterocycles. The first-order chi connectivity index (χ1) is 9.41. The van der Waals surface area contributed by atoms with Gasteiger partial charge in [0.2, 0.25) is 10.9 Å². The first kappa shape index (κ1) is 15.9. The van der Waals surface area contributed by atoms with Crippen LogP contribution < -0.4 is 5.32 Å². The molecule has 0 fully saturated rings. The summed E-state index contributed by atoms with van der Waals surface area (Å²) in [5.41, 5.74) is 0.435. The number of carbonyl (C=O) groups excluding carboxylic acids is 3. The number of hydrogen-bond donors (Lipinski definition) is 2. The van der Waals surface area contributed by atoms with Crippen molar-refractivity contribution in [2.75, 3.05) is 5.75 Å². The smallest absolute Gasteiger partial charge is 0.325 e. The fourth-order valence-corrected chi connectivity index (χ4v) is 1.89. The Kier molecular flexibility index (Phi) is 5.92. The van der Waals surface area contributed by atoms with Crippen LogP contribution in [0, 0.1) is 0 Å². The maximum atomic E-state index is 11.7. The van der Waals surface area contributed by atoms with Crippen molar-refractivity contribution in [3.8, 4) is 0 Å². The number of nitrogens with one attached hydrogen (secondary N) is 1. The molecular weight excluding hydrogens is 282 g/mol. The minimum atomic E-state index is -1.24. The fourth-order valence-electron chi connectivity index (χ4n) is 1.19. The number of thioether (sulfide) groups is 1. The minimum Gasteiger partial charge on any atom is -0.480 e. The molecule has 0 saturated heterocycles. The summed E-state index contributed by atoms with van der Waals surface area (Å²) >= 11 is 0.705. The second-order valence-electron chi connectivity index (χ2n) is 3.90. The van der Waals surface area contributed by atoms with Gasteiger partial charge in [-0.1, -0.05) is 42.1 Å². The lowest BCUT2D eigenvalue weighted by atomic mass is 10.2. The van der Waals surface area contributed by atoms with Gasteiger partial charge in [0.25, 0.3) is 5.91 Å². The van der Waals surface area contributed by atoms with Gasteiger partial charge < -0.3 is 10.4 Å². The van der Waals surface area contributed by atoms with E-state index in [1.807, 2.05) is 5.32 Å². The molecule has 0 aliphatic rings. The molecule has 0 saturated carbocycles. The zero-order valence-electron chi connectivity index (χ0n) is 10.7. The van der Waals surface area contributed by atoms with Crippen LogP contribution >= 0.6 is 11.8 Å². The maximum Gasteiger partial charge on any atom is 0.325 e. The van der Waals surface area contributed by atoms with Crippen LogP contribution in [0.1, 0.15) is 17.3 Å². The van der Waals surface area contributed by atoms with Crippen molar-refractivity contribution in [1.82, 2.24) is 5.32 Å². The lowest BCUT2D eigenvalue weighted by Crippen LogP contribution is -2.42. The van der Waals surface area contributed by atoms with Crippen molar-refractivity contribution < 1.29 is 24.3 Å². The summed E-state index contributed by atoms with van der Waals surface area (Å²) in [4.78, 5) is 45.0. The first-order valence-corrected chi connectivity index (χ1v) is 6.69. The number of Topliss-reactive ketones (excluding diaryl/α,β-unsaturated/α-hetero) is 1. The van der Waals surface area contributed by atoms with E-state index >= 15 is 0 Å². The maximum absolute atomic E-state index is 11.7. The molecule has 0 aromatic heterocycles. The van der Waals surface area contributed by atoms with E-state index in [0.29, 0.717) is 17.3 Å². The van der Waals surface area contributed by atoms with Gasteiger partial charge in [0.1, 0.15) is 6.04 Å². The van der Waals surface area contributed by atoms with E-state index in [9.17, 15) is 19.2 Å². The number of aliphatic carboxylic acids is 1. The molecular formula is C13H13NO5S. The van der Waals surface area contributed by atoms with Crippen molar-refractivity contribution in [3.05, 3.63) is 35.9 Å². The molecule has 0 bridgehead atoms. The number of amides is 1. The van der Waals surface area contributed by atoms with E-state index in [-0.39, 0.29) is 10.9 Å². The van der Waals surface area contributed by atoms with Gasteiger partial charge in [-0.05, 0) is 6.92 Å². The minimum absolute atomic E-state index is 0.321. The zero-order valence-corrected chi connectivity index (χ0v) is 11.5. The van der Waals surface area contributed by atoms with Crippen molar-refractivity contribution in [1.29, 1.82) is 0 Å². The van der Waals surface area contributed by atoms with E-state index in [4.69, 9.17) is 5.11 Å². The average Bonchev–Trinajstić information content (AvgIpc) is 2.44. The first-order valence-electron chi connectivity index (χ1n) is 5.70. The Balaban J connectivity index is 2.45. The van der Waals surface area contributed by atoms with Crippen molar-refractivity contribution in [2.45, 2.75) is 13.0 Å². The van der Waals surface area contributed by atoms with Crippen LogP contribution in [0.5, 0.6) is 0 Å². The quantitative estimate of drug-likeness (QED) is 0.750. The van der Waals surface area contributed by atoms with Crippen LogP contribution in [0.25, 0.3) is 0 Å². The molecule has 1 amide bonds. The van der Waals surface area contributed by atoms with E-state index in [1.54, 1.807) is 30.3 Å². The number of benzene rings is 1. The second-order valence-corrected chi connectivity index (χ2v) is 4.85. The topological polar surface area (TPSA) is 101 Å².